The van der Waals surface area contributed by atoms with Crippen molar-refractivity contribution >= 4 is 11.9 Å². The molecule has 0 aromatic heterocycles. The molecule has 2 aliphatic rings. The van der Waals surface area contributed by atoms with Gasteiger partial charge in [0.2, 0.25) is 0 Å². The second kappa shape index (κ2) is 5.66. The molecule has 7 heteroatoms. The molecule has 1 fully saturated rings. The maximum atomic E-state index is 11.9. The van der Waals surface area contributed by atoms with Crippen LogP contribution in [0.15, 0.2) is 0 Å². The lowest BCUT2D eigenvalue weighted by Crippen LogP contribution is -2.36. The Balaban J connectivity index is 1.97. The van der Waals surface area contributed by atoms with Crippen LogP contribution in [0.5, 0.6) is 11.5 Å². The lowest BCUT2D eigenvalue weighted by Gasteiger charge is -2.27. The van der Waals surface area contributed by atoms with Gasteiger partial charge < -0.3 is 24.4 Å². The Bertz CT molecular complexity index is 724. The number of methoxy groups -OCH3 is 1. The molecule has 0 spiro atoms. The molecule has 24 heavy (non-hydrogen) atoms. The number of phenolic OH excluding ortho intramolecular Hbond substituents is 1. The number of ether oxygens (including phenoxy) is 3. The summed E-state index contributed by atoms with van der Waals surface area (Å²) in [7, 11) is 1.49. The number of phenols is 1. The molecule has 130 valence electrons. The minimum atomic E-state index is -1.03. The summed E-state index contributed by atoms with van der Waals surface area (Å²) in [5.41, 5.74) is 0.945. The summed E-state index contributed by atoms with van der Waals surface area (Å²) < 4.78 is 15.7. The van der Waals surface area contributed by atoms with Gasteiger partial charge >= 0.3 is 11.9 Å². The van der Waals surface area contributed by atoms with Crippen molar-refractivity contribution in [2.24, 2.45) is 0 Å². The van der Waals surface area contributed by atoms with E-state index in [2.05, 4.69) is 0 Å². The zero-order valence-corrected chi connectivity index (χ0v) is 13.8. The number of carbonyl (C=O) groups is 2. The van der Waals surface area contributed by atoms with Gasteiger partial charge in [0.15, 0.2) is 0 Å². The number of benzene rings is 1. The summed E-state index contributed by atoms with van der Waals surface area (Å²) in [5.74, 6) is -0.702. The number of hydrogen-bond acceptors (Lipinski definition) is 7. The monoisotopic (exact) mass is 336 g/mol. The molecule has 0 saturated carbocycles. The molecule has 7 nitrogen and oxygen atoms in total. The molecular weight excluding hydrogens is 316 g/mol. The second-order valence-electron chi connectivity index (χ2n) is 6.42. The summed E-state index contributed by atoms with van der Waals surface area (Å²) in [6.07, 6.45) is -0.387. The van der Waals surface area contributed by atoms with Crippen LogP contribution in [0.4, 0.5) is 0 Å². The van der Waals surface area contributed by atoms with Crippen molar-refractivity contribution in [1.29, 1.82) is 0 Å². The summed E-state index contributed by atoms with van der Waals surface area (Å²) in [6, 6.07) is 0. The van der Waals surface area contributed by atoms with Gasteiger partial charge in [-0.1, -0.05) is 0 Å². The van der Waals surface area contributed by atoms with Crippen molar-refractivity contribution in [2.45, 2.75) is 51.4 Å². The van der Waals surface area contributed by atoms with Crippen LogP contribution in [0.1, 0.15) is 46.8 Å². The van der Waals surface area contributed by atoms with Crippen molar-refractivity contribution in [3.05, 3.63) is 22.3 Å². The molecule has 1 saturated heterocycles. The van der Waals surface area contributed by atoms with Gasteiger partial charge in [0.25, 0.3) is 0 Å². The number of fused-ring (bicyclic) bond motifs is 1. The standard InChI is InChI=1S/C17H20O7/c1-8-10-7-23-16(21)13(10)14(20)9(15(8)22-3)4-5-17(2)11(18)6-12(19)24-17/h11,18,20H,4-7H2,1-3H3. The highest BCUT2D eigenvalue weighted by molar-refractivity contribution is 5.98. The van der Waals surface area contributed by atoms with Gasteiger partial charge in [0.05, 0.1) is 13.5 Å². The first-order valence-electron chi connectivity index (χ1n) is 7.76. The maximum Gasteiger partial charge on any atom is 0.342 e. The fourth-order valence-corrected chi connectivity index (χ4v) is 3.40. The quantitative estimate of drug-likeness (QED) is 0.801. The van der Waals surface area contributed by atoms with E-state index in [4.69, 9.17) is 14.2 Å². The van der Waals surface area contributed by atoms with Gasteiger partial charge in [-0.15, -0.1) is 0 Å². The van der Waals surface area contributed by atoms with Crippen LogP contribution in [-0.2, 0) is 27.3 Å². The minimum Gasteiger partial charge on any atom is -0.507 e. The van der Waals surface area contributed by atoms with Gasteiger partial charge in [-0.25, -0.2) is 4.79 Å². The van der Waals surface area contributed by atoms with Gasteiger partial charge in [-0.2, -0.15) is 0 Å². The molecule has 0 bridgehead atoms. The fourth-order valence-electron chi connectivity index (χ4n) is 3.40. The Hall–Kier alpha value is -2.28. The number of carbonyl (C=O) groups excluding carboxylic acids is 2. The molecule has 2 atom stereocenters. The number of cyclic esters (lactones) is 2. The van der Waals surface area contributed by atoms with Crippen LogP contribution in [0, 0.1) is 6.92 Å². The highest BCUT2D eigenvalue weighted by Crippen LogP contribution is 2.43. The number of rotatable bonds is 4. The Morgan fingerprint density at radius 2 is 2.08 bits per heavy atom. The molecule has 0 amide bonds. The van der Waals surface area contributed by atoms with Crippen molar-refractivity contribution in [2.75, 3.05) is 7.11 Å². The Kier molecular flexibility index (Phi) is 3.91. The zero-order chi connectivity index (χ0) is 17.6. The highest BCUT2D eigenvalue weighted by atomic mass is 16.6. The van der Waals surface area contributed by atoms with Crippen LogP contribution in [-0.4, -0.2) is 41.0 Å². The molecule has 0 aliphatic carbocycles. The van der Waals surface area contributed by atoms with Gasteiger partial charge in [0, 0.05) is 11.1 Å². The smallest absolute Gasteiger partial charge is 0.342 e. The first-order valence-corrected chi connectivity index (χ1v) is 7.76. The first kappa shape index (κ1) is 16.6. The third-order valence-electron chi connectivity index (χ3n) is 4.93. The van der Waals surface area contributed by atoms with Crippen molar-refractivity contribution < 1.29 is 34.0 Å². The van der Waals surface area contributed by atoms with E-state index in [9.17, 15) is 19.8 Å². The zero-order valence-electron chi connectivity index (χ0n) is 13.8. The van der Waals surface area contributed by atoms with Gasteiger partial charge in [0.1, 0.15) is 35.4 Å². The molecule has 2 heterocycles. The topological polar surface area (TPSA) is 102 Å². The van der Waals surface area contributed by atoms with Crippen molar-refractivity contribution in [3.63, 3.8) is 0 Å². The number of aliphatic hydroxyl groups is 1. The molecule has 3 rings (SSSR count). The van der Waals surface area contributed by atoms with E-state index in [0.717, 1.165) is 5.56 Å². The SMILES string of the molecule is COc1c(C)c2c(c(O)c1CCC1(C)OC(=O)CC1O)C(=O)OC2. The molecular formula is C17H20O7. The summed E-state index contributed by atoms with van der Waals surface area (Å²) in [4.78, 5) is 23.3. The van der Waals surface area contributed by atoms with E-state index >= 15 is 0 Å². The van der Waals surface area contributed by atoms with Crippen LogP contribution in [0.3, 0.4) is 0 Å². The first-order chi connectivity index (χ1) is 11.3. The normalized spacial score (nSPS) is 25.4. The third-order valence-corrected chi connectivity index (χ3v) is 4.93. The predicted octanol–water partition coefficient (Wildman–Crippen LogP) is 1.38. The summed E-state index contributed by atoms with van der Waals surface area (Å²) >= 11 is 0. The van der Waals surface area contributed by atoms with E-state index < -0.39 is 23.6 Å². The fraction of sp³-hybridized carbons (Fsp3) is 0.529. The maximum absolute atomic E-state index is 11.9. The summed E-state index contributed by atoms with van der Waals surface area (Å²) in [6.45, 7) is 3.56. The molecule has 0 radical (unpaired) electrons. The molecule has 2 unspecified atom stereocenters. The average Bonchev–Trinajstić information content (AvgIpc) is 3.02. The molecule has 1 aromatic rings. The van der Waals surface area contributed by atoms with Crippen molar-refractivity contribution in [1.82, 2.24) is 0 Å². The summed E-state index contributed by atoms with van der Waals surface area (Å²) in [5, 5.41) is 20.6. The van der Waals surface area contributed by atoms with E-state index in [0.29, 0.717) is 16.9 Å². The number of esters is 2. The van der Waals surface area contributed by atoms with E-state index in [-0.39, 0.29) is 37.2 Å². The van der Waals surface area contributed by atoms with Gasteiger partial charge in [-0.05, 0) is 32.3 Å². The molecule has 1 aromatic carbocycles. The lowest BCUT2D eigenvalue weighted by molar-refractivity contribution is -0.149. The average molecular weight is 336 g/mol. The van der Waals surface area contributed by atoms with Gasteiger partial charge in [-0.3, -0.25) is 4.79 Å². The largest absolute Gasteiger partial charge is 0.507 e. The molecule has 2 aliphatic heterocycles. The minimum absolute atomic E-state index is 0.0465. The van der Waals surface area contributed by atoms with Crippen molar-refractivity contribution in [3.8, 4) is 11.5 Å². The van der Waals surface area contributed by atoms with Crippen LogP contribution in [0.2, 0.25) is 0 Å². The van der Waals surface area contributed by atoms with Crippen LogP contribution < -0.4 is 4.74 Å². The Morgan fingerprint density at radius 1 is 1.38 bits per heavy atom. The number of hydrogen-bond donors (Lipinski definition) is 2. The van der Waals surface area contributed by atoms with Crippen LogP contribution in [0.25, 0.3) is 0 Å². The van der Waals surface area contributed by atoms with E-state index in [1.807, 2.05) is 0 Å². The van der Waals surface area contributed by atoms with E-state index in [1.54, 1.807) is 13.8 Å². The van der Waals surface area contributed by atoms with E-state index in [1.165, 1.54) is 7.11 Å². The Morgan fingerprint density at radius 3 is 2.67 bits per heavy atom. The lowest BCUT2D eigenvalue weighted by atomic mass is 9.88. The predicted molar refractivity (Wildman–Crippen MR) is 82.0 cm³/mol. The number of aromatic hydroxyl groups is 1. The third kappa shape index (κ3) is 2.39. The second-order valence-corrected chi connectivity index (χ2v) is 6.42. The van der Waals surface area contributed by atoms with Crippen LogP contribution >= 0.6 is 0 Å². The Labute approximate surface area is 139 Å². The number of aliphatic hydroxyl groups excluding tert-OH is 1. The highest BCUT2D eigenvalue weighted by Gasteiger charge is 2.44. The molecule has 2 N–H and O–H groups in total.